The molecule has 4 nitrogen and oxygen atoms in total. The second-order valence-corrected chi connectivity index (χ2v) is 5.18. The first kappa shape index (κ1) is 11.7. The van der Waals surface area contributed by atoms with E-state index in [1.807, 2.05) is 6.92 Å². The van der Waals surface area contributed by atoms with Crippen LogP contribution in [0, 0.1) is 0 Å². The molecular weight excluding hydrogens is 144 g/mol. The van der Waals surface area contributed by atoms with Gasteiger partial charge in [0.1, 0.15) is 0 Å². The van der Waals surface area contributed by atoms with Crippen LogP contribution >= 0.6 is 0 Å². The van der Waals surface area contributed by atoms with Crippen molar-refractivity contribution in [3.63, 3.8) is 0 Å². The van der Waals surface area contributed by atoms with E-state index in [-0.39, 0.29) is 0 Å². The fraction of sp³-hybridized carbons (Fsp3) is 0.600. The summed E-state index contributed by atoms with van der Waals surface area (Å²) in [7, 11) is -0.765. The normalized spacial score (nSPS) is 6.80. The number of hydrogen-bond acceptors (Lipinski definition) is 0. The average molecular weight is 156 g/mol. The van der Waals surface area contributed by atoms with E-state index in [0.717, 1.165) is 5.33 Å². The van der Waals surface area contributed by atoms with Crippen LogP contribution in [0.4, 0.5) is 0 Å². The maximum absolute atomic E-state index is 8.13. The zero-order chi connectivity index (χ0) is 8.57. The van der Waals surface area contributed by atoms with Crippen molar-refractivity contribution in [1.82, 2.24) is 0 Å². The molecule has 10 heavy (non-hydrogen) atoms. The second kappa shape index (κ2) is 7.98. The van der Waals surface area contributed by atoms with Gasteiger partial charge in [-0.2, -0.15) is 9.58 Å². The van der Waals surface area contributed by atoms with Gasteiger partial charge in [-0.3, -0.25) is 0 Å². The molecule has 0 aromatic rings. The summed E-state index contributed by atoms with van der Waals surface area (Å²) in [6, 6.07) is 0. The van der Waals surface area contributed by atoms with Crippen LogP contribution in [0.15, 0.2) is 0 Å². The molecule has 0 bridgehead atoms. The summed E-state index contributed by atoms with van der Waals surface area (Å²) >= 11 is 0. The van der Waals surface area contributed by atoms with Gasteiger partial charge in [0, 0.05) is 6.92 Å². The van der Waals surface area contributed by atoms with E-state index in [4.69, 9.17) is 11.1 Å². The Balaban J connectivity index is 0. The molecule has 0 amide bonds. The fourth-order valence-corrected chi connectivity index (χ4v) is 0.346. The summed E-state index contributed by atoms with van der Waals surface area (Å²) in [5, 5.41) is 0.917. The average Bonchev–Trinajstić information content (AvgIpc) is 1.88. The zero-order valence-electron chi connectivity index (χ0n) is 6.57. The van der Waals surface area contributed by atoms with Gasteiger partial charge in [-0.1, -0.05) is 13.1 Å². The van der Waals surface area contributed by atoms with Crippen LogP contribution in [0.5, 0.6) is 0 Å². The van der Waals surface area contributed by atoms with Crippen LogP contribution in [0.3, 0.4) is 0 Å². The first-order chi connectivity index (χ1) is 4.59. The lowest BCUT2D eigenvalue weighted by Gasteiger charge is -1.83. The molecule has 0 saturated heterocycles. The molecule has 5 heteroatoms. The van der Waals surface area contributed by atoms with Gasteiger partial charge in [-0.15, -0.1) is 0 Å². The fourth-order valence-electron chi connectivity index (χ4n) is 0.115. The summed E-state index contributed by atoms with van der Waals surface area (Å²) in [5.74, 6) is 0. The van der Waals surface area contributed by atoms with Crippen molar-refractivity contribution in [2.75, 3.05) is 0 Å². The third-order valence-electron chi connectivity index (χ3n) is 0.993. The Morgan fingerprint density at radius 3 is 1.70 bits per heavy atom. The van der Waals surface area contributed by atoms with Crippen molar-refractivity contribution >= 4 is 20.8 Å². The molecule has 0 aromatic heterocycles. The van der Waals surface area contributed by atoms with Crippen LogP contribution in [0.1, 0.15) is 6.92 Å². The quantitative estimate of drug-likeness (QED) is 0.231. The summed E-state index contributed by atoms with van der Waals surface area (Å²) in [6.45, 7) is 8.76. The smallest absolute Gasteiger partial charge is 0.245 e. The van der Waals surface area contributed by atoms with E-state index in [9.17, 15) is 0 Å². The lowest BCUT2D eigenvalue weighted by atomic mass is 10.9. The Kier molecular flexibility index (Phi) is 9.36. The topological polar surface area (TPSA) is 72.8 Å². The highest BCUT2D eigenvalue weighted by atomic mass is 28.3. The SMILES string of the molecule is C=[N+]=[N-].CC(=[N+]=[N-])[SiH](C)C. The van der Waals surface area contributed by atoms with E-state index in [0.29, 0.717) is 0 Å². The highest BCUT2D eigenvalue weighted by Crippen LogP contribution is 1.77. The maximum atomic E-state index is 8.13. The molecular formula is C5H12N4Si. The summed E-state index contributed by atoms with van der Waals surface area (Å²) in [5.41, 5.74) is 15.2. The third-order valence-corrected chi connectivity index (χ3v) is 2.78. The second-order valence-electron chi connectivity index (χ2n) is 2.04. The Morgan fingerprint density at radius 2 is 1.70 bits per heavy atom. The van der Waals surface area contributed by atoms with E-state index < -0.39 is 8.80 Å². The first-order valence-electron chi connectivity index (χ1n) is 2.88. The van der Waals surface area contributed by atoms with E-state index in [1.54, 1.807) is 0 Å². The minimum absolute atomic E-state index is 0.765. The number of rotatable bonds is 1. The Hall–Kier alpha value is -1.02. The molecule has 0 rings (SSSR count). The molecule has 0 atom stereocenters. The van der Waals surface area contributed by atoms with Gasteiger partial charge in [0.15, 0.2) is 8.80 Å². The molecule has 0 unspecified atom stereocenters. The van der Waals surface area contributed by atoms with Crippen LogP contribution in [0.2, 0.25) is 13.1 Å². The van der Waals surface area contributed by atoms with Crippen LogP contribution in [0.25, 0.3) is 11.1 Å². The van der Waals surface area contributed by atoms with Crippen molar-refractivity contribution in [2.45, 2.75) is 20.0 Å². The summed E-state index contributed by atoms with van der Waals surface area (Å²) in [4.78, 5) is 5.32. The molecule has 0 spiro atoms. The van der Waals surface area contributed by atoms with Gasteiger partial charge >= 0.3 is 0 Å². The van der Waals surface area contributed by atoms with Crippen molar-refractivity contribution in [3.05, 3.63) is 11.1 Å². The van der Waals surface area contributed by atoms with Gasteiger partial charge < -0.3 is 11.1 Å². The lowest BCUT2D eigenvalue weighted by molar-refractivity contribution is -0.00159. The van der Waals surface area contributed by atoms with Crippen molar-refractivity contribution in [2.24, 2.45) is 0 Å². The van der Waals surface area contributed by atoms with Gasteiger partial charge in [0.2, 0.25) is 12.1 Å². The highest BCUT2D eigenvalue weighted by Gasteiger charge is 2.05. The molecule has 0 radical (unpaired) electrons. The maximum Gasteiger partial charge on any atom is 0.245 e. The Labute approximate surface area is 62.3 Å². The Bertz CT molecular complexity index is 162. The van der Waals surface area contributed by atoms with Gasteiger partial charge in [-0.25, -0.2) is 0 Å². The zero-order valence-corrected chi connectivity index (χ0v) is 7.73. The molecule has 0 fully saturated rings. The van der Waals surface area contributed by atoms with Crippen LogP contribution in [-0.2, 0) is 0 Å². The third kappa shape index (κ3) is 10.1. The van der Waals surface area contributed by atoms with E-state index in [2.05, 4.69) is 29.4 Å². The summed E-state index contributed by atoms with van der Waals surface area (Å²) in [6.07, 6.45) is 0. The predicted molar refractivity (Wildman–Crippen MR) is 43.9 cm³/mol. The molecule has 0 aliphatic heterocycles. The van der Waals surface area contributed by atoms with Crippen LogP contribution < -0.4 is 0 Å². The minimum Gasteiger partial charge on any atom is -0.362 e. The molecule has 0 aliphatic rings. The molecule has 0 saturated carbocycles. The van der Waals surface area contributed by atoms with Gasteiger partial charge in [-0.05, 0) is 0 Å². The first-order valence-corrected chi connectivity index (χ1v) is 5.77. The highest BCUT2D eigenvalue weighted by molar-refractivity contribution is 6.87. The van der Waals surface area contributed by atoms with E-state index in [1.165, 1.54) is 0 Å². The summed E-state index contributed by atoms with van der Waals surface area (Å²) < 4.78 is 0. The number of nitrogens with zero attached hydrogens (tertiary/aromatic N) is 4. The lowest BCUT2D eigenvalue weighted by Crippen LogP contribution is -2.14. The molecule has 0 N–H and O–H groups in total. The Morgan fingerprint density at radius 1 is 1.40 bits per heavy atom. The van der Waals surface area contributed by atoms with Gasteiger partial charge in [0.25, 0.3) is 0 Å². The van der Waals surface area contributed by atoms with Crippen molar-refractivity contribution in [1.29, 1.82) is 0 Å². The molecule has 0 aromatic carbocycles. The largest absolute Gasteiger partial charge is 0.362 e. The minimum atomic E-state index is -0.765. The monoisotopic (exact) mass is 156 g/mol. The van der Waals surface area contributed by atoms with E-state index >= 15 is 0 Å². The van der Waals surface area contributed by atoms with Crippen LogP contribution in [-0.4, -0.2) is 30.4 Å². The standard InChI is InChI=1S/C4H10N2Si.CH2N2/c1-4(6-5)7(2)3;1-3-2/h7H,1-3H3;1H2. The van der Waals surface area contributed by atoms with Gasteiger partial charge in [0.05, 0.1) is 0 Å². The molecule has 0 heterocycles. The van der Waals surface area contributed by atoms with Crippen molar-refractivity contribution < 1.29 is 9.58 Å². The number of hydrogen-bond donors (Lipinski definition) is 0. The predicted octanol–water partition coefficient (Wildman–Crippen LogP) is 0.620. The van der Waals surface area contributed by atoms with Crippen molar-refractivity contribution in [3.8, 4) is 0 Å². The molecule has 0 aliphatic carbocycles. The molecule has 56 valence electrons.